The van der Waals surface area contributed by atoms with E-state index in [1.807, 2.05) is 12.1 Å². The van der Waals surface area contributed by atoms with Crippen molar-refractivity contribution in [2.45, 2.75) is 31.9 Å². The molecule has 4 nitrogen and oxygen atoms in total. The predicted octanol–water partition coefficient (Wildman–Crippen LogP) is 2.07. The standard InChI is InChI=1S/C14H19NO3/c1-2-12(16-7-1)5-6-15-9-11-3-4-13-14(8-11)18-10-17-13/h3-4,8,12,15H,1-2,5-7,9-10H2. The molecule has 18 heavy (non-hydrogen) atoms. The van der Waals surface area contributed by atoms with E-state index in [4.69, 9.17) is 14.2 Å². The molecule has 0 spiro atoms. The maximum absolute atomic E-state index is 5.59. The molecule has 98 valence electrons. The average Bonchev–Trinajstić information content (AvgIpc) is 3.05. The minimum atomic E-state index is 0.339. The van der Waals surface area contributed by atoms with Crippen LogP contribution in [0.25, 0.3) is 0 Å². The van der Waals surface area contributed by atoms with Crippen molar-refractivity contribution in [2.75, 3.05) is 19.9 Å². The Kier molecular flexibility index (Phi) is 3.67. The monoisotopic (exact) mass is 249 g/mol. The van der Waals surface area contributed by atoms with Crippen LogP contribution in [0.4, 0.5) is 0 Å². The highest BCUT2D eigenvalue weighted by atomic mass is 16.7. The fourth-order valence-corrected chi connectivity index (χ4v) is 2.42. The SMILES string of the molecule is c1cc2c(cc1CNCCC1CCCO1)OCO2. The summed E-state index contributed by atoms with van der Waals surface area (Å²) >= 11 is 0. The molecule has 2 aliphatic rings. The molecule has 2 heterocycles. The second-order valence-corrected chi connectivity index (χ2v) is 4.79. The summed E-state index contributed by atoms with van der Waals surface area (Å²) in [7, 11) is 0. The van der Waals surface area contributed by atoms with Gasteiger partial charge in [-0.1, -0.05) is 6.07 Å². The number of nitrogens with one attached hydrogen (secondary N) is 1. The normalized spacial score (nSPS) is 21.4. The Hall–Kier alpha value is -1.26. The van der Waals surface area contributed by atoms with Gasteiger partial charge in [0, 0.05) is 13.2 Å². The smallest absolute Gasteiger partial charge is 0.231 e. The van der Waals surface area contributed by atoms with Gasteiger partial charge in [-0.2, -0.15) is 0 Å². The van der Waals surface area contributed by atoms with E-state index in [2.05, 4.69) is 11.4 Å². The Morgan fingerprint density at radius 2 is 2.17 bits per heavy atom. The van der Waals surface area contributed by atoms with Crippen molar-refractivity contribution in [1.29, 1.82) is 0 Å². The van der Waals surface area contributed by atoms with Gasteiger partial charge in [0.2, 0.25) is 6.79 Å². The topological polar surface area (TPSA) is 39.7 Å². The van der Waals surface area contributed by atoms with Crippen molar-refractivity contribution in [3.8, 4) is 11.5 Å². The van der Waals surface area contributed by atoms with E-state index < -0.39 is 0 Å². The molecule has 4 heteroatoms. The van der Waals surface area contributed by atoms with Crippen LogP contribution in [0.15, 0.2) is 18.2 Å². The van der Waals surface area contributed by atoms with E-state index in [1.54, 1.807) is 0 Å². The van der Waals surface area contributed by atoms with E-state index in [-0.39, 0.29) is 0 Å². The van der Waals surface area contributed by atoms with Gasteiger partial charge >= 0.3 is 0 Å². The van der Waals surface area contributed by atoms with Crippen LogP contribution in [0.5, 0.6) is 11.5 Å². The molecule has 3 rings (SSSR count). The zero-order valence-corrected chi connectivity index (χ0v) is 10.5. The van der Waals surface area contributed by atoms with Gasteiger partial charge < -0.3 is 19.5 Å². The second kappa shape index (κ2) is 5.59. The Bertz CT molecular complexity index is 402. The lowest BCUT2D eigenvalue weighted by molar-refractivity contribution is 0.104. The van der Waals surface area contributed by atoms with Crippen molar-refractivity contribution in [3.05, 3.63) is 23.8 Å². The van der Waals surface area contributed by atoms with Gasteiger partial charge in [0.25, 0.3) is 0 Å². The van der Waals surface area contributed by atoms with Crippen molar-refractivity contribution in [2.24, 2.45) is 0 Å². The molecule has 0 bridgehead atoms. The van der Waals surface area contributed by atoms with Gasteiger partial charge in [0.1, 0.15) is 0 Å². The maximum atomic E-state index is 5.59. The van der Waals surface area contributed by atoms with Crippen molar-refractivity contribution in [3.63, 3.8) is 0 Å². The zero-order chi connectivity index (χ0) is 12.2. The predicted molar refractivity (Wildman–Crippen MR) is 67.9 cm³/mol. The Labute approximate surface area is 107 Å². The van der Waals surface area contributed by atoms with Crippen LogP contribution in [0, 0.1) is 0 Å². The van der Waals surface area contributed by atoms with Gasteiger partial charge in [0.15, 0.2) is 11.5 Å². The third-order valence-electron chi connectivity index (χ3n) is 3.43. The first-order valence-electron chi connectivity index (χ1n) is 6.63. The molecule has 0 aliphatic carbocycles. The molecule has 1 unspecified atom stereocenters. The van der Waals surface area contributed by atoms with Crippen molar-refractivity contribution >= 4 is 0 Å². The lowest BCUT2D eigenvalue weighted by Gasteiger charge is -2.10. The number of hydrogen-bond acceptors (Lipinski definition) is 4. The Morgan fingerprint density at radius 1 is 1.22 bits per heavy atom. The molecule has 0 radical (unpaired) electrons. The lowest BCUT2D eigenvalue weighted by atomic mass is 10.1. The van der Waals surface area contributed by atoms with Crippen molar-refractivity contribution in [1.82, 2.24) is 5.32 Å². The largest absolute Gasteiger partial charge is 0.454 e. The fourth-order valence-electron chi connectivity index (χ4n) is 2.42. The summed E-state index contributed by atoms with van der Waals surface area (Å²) in [6.45, 7) is 3.14. The number of fused-ring (bicyclic) bond motifs is 1. The van der Waals surface area contributed by atoms with Crippen LogP contribution in [0.1, 0.15) is 24.8 Å². The van der Waals surface area contributed by atoms with Crippen LogP contribution in [-0.2, 0) is 11.3 Å². The van der Waals surface area contributed by atoms with Crippen molar-refractivity contribution < 1.29 is 14.2 Å². The van der Waals surface area contributed by atoms with Crippen LogP contribution >= 0.6 is 0 Å². The lowest BCUT2D eigenvalue weighted by Crippen LogP contribution is -2.19. The quantitative estimate of drug-likeness (QED) is 0.811. The summed E-state index contributed by atoms with van der Waals surface area (Å²) < 4.78 is 16.2. The molecule has 0 aromatic heterocycles. The minimum Gasteiger partial charge on any atom is -0.454 e. The Morgan fingerprint density at radius 3 is 3.06 bits per heavy atom. The molecule has 0 amide bonds. The number of rotatable bonds is 5. The molecule has 1 aromatic carbocycles. The molecular weight excluding hydrogens is 230 g/mol. The molecule has 1 aromatic rings. The van der Waals surface area contributed by atoms with Gasteiger partial charge in [-0.3, -0.25) is 0 Å². The molecule has 0 saturated carbocycles. The molecule has 1 saturated heterocycles. The van der Waals surface area contributed by atoms with E-state index in [0.29, 0.717) is 12.9 Å². The van der Waals surface area contributed by atoms with Crippen LogP contribution in [-0.4, -0.2) is 26.0 Å². The minimum absolute atomic E-state index is 0.339. The average molecular weight is 249 g/mol. The highest BCUT2D eigenvalue weighted by Crippen LogP contribution is 2.32. The van der Waals surface area contributed by atoms with E-state index >= 15 is 0 Å². The Balaban J connectivity index is 1.42. The van der Waals surface area contributed by atoms with Gasteiger partial charge in [0.05, 0.1) is 6.10 Å². The summed E-state index contributed by atoms with van der Waals surface area (Å²) in [5.41, 5.74) is 1.23. The summed E-state index contributed by atoms with van der Waals surface area (Å²) in [6, 6.07) is 6.09. The van der Waals surface area contributed by atoms with Crippen LogP contribution in [0.2, 0.25) is 0 Å². The summed E-state index contributed by atoms with van der Waals surface area (Å²) in [5.74, 6) is 1.70. The van der Waals surface area contributed by atoms with Gasteiger partial charge in [-0.25, -0.2) is 0 Å². The molecule has 2 aliphatic heterocycles. The number of ether oxygens (including phenoxy) is 3. The highest BCUT2D eigenvalue weighted by Gasteiger charge is 2.15. The second-order valence-electron chi connectivity index (χ2n) is 4.79. The zero-order valence-electron chi connectivity index (χ0n) is 10.5. The van der Waals surface area contributed by atoms with E-state index in [9.17, 15) is 0 Å². The van der Waals surface area contributed by atoms with Gasteiger partial charge in [-0.15, -0.1) is 0 Å². The van der Waals surface area contributed by atoms with Gasteiger partial charge in [-0.05, 0) is 43.5 Å². The fraction of sp³-hybridized carbons (Fsp3) is 0.571. The summed E-state index contributed by atoms with van der Waals surface area (Å²) in [4.78, 5) is 0. The maximum Gasteiger partial charge on any atom is 0.231 e. The summed E-state index contributed by atoms with van der Waals surface area (Å²) in [6.07, 6.45) is 4.00. The highest BCUT2D eigenvalue weighted by molar-refractivity contribution is 5.44. The summed E-state index contributed by atoms with van der Waals surface area (Å²) in [5, 5.41) is 3.44. The first-order chi connectivity index (χ1) is 8.92. The van der Waals surface area contributed by atoms with Crippen LogP contribution in [0.3, 0.4) is 0 Å². The van der Waals surface area contributed by atoms with E-state index in [0.717, 1.165) is 37.6 Å². The molecule has 1 N–H and O–H groups in total. The number of benzene rings is 1. The molecule has 1 atom stereocenters. The van der Waals surface area contributed by atoms with E-state index in [1.165, 1.54) is 18.4 Å². The first-order valence-corrected chi connectivity index (χ1v) is 6.63. The number of hydrogen-bond donors (Lipinski definition) is 1. The third-order valence-corrected chi connectivity index (χ3v) is 3.43. The van der Waals surface area contributed by atoms with Crippen LogP contribution < -0.4 is 14.8 Å². The first kappa shape index (κ1) is 11.8. The molecule has 1 fully saturated rings. The molecular formula is C14H19NO3. The third kappa shape index (κ3) is 2.76.